The number of hydrogen-bond acceptors (Lipinski definition) is 4. The minimum Gasteiger partial charge on any atom is -0.380 e. The first-order valence-corrected chi connectivity index (χ1v) is 6.94. The normalized spacial score (nSPS) is 21.0. The largest absolute Gasteiger partial charge is 0.416 e. The Bertz CT molecular complexity index is 599. The van der Waals surface area contributed by atoms with Crippen molar-refractivity contribution < 1.29 is 22.8 Å². The monoisotopic (exact) mass is 316 g/mol. The molecule has 5 nitrogen and oxygen atoms in total. The maximum atomic E-state index is 13.1. The summed E-state index contributed by atoms with van der Waals surface area (Å²) in [5.74, 6) is 0. The van der Waals surface area contributed by atoms with Crippen molar-refractivity contribution in [1.82, 2.24) is 4.90 Å². The number of nitro groups is 1. The lowest BCUT2D eigenvalue weighted by Gasteiger charge is -2.37. The van der Waals surface area contributed by atoms with Gasteiger partial charge in [0.15, 0.2) is 0 Å². The number of ether oxygens (including phenoxy) is 1. The number of hydrogen-bond donors (Lipinski definition) is 0. The van der Waals surface area contributed by atoms with Crippen LogP contribution >= 0.6 is 0 Å². The van der Waals surface area contributed by atoms with E-state index in [0.717, 1.165) is 24.6 Å². The van der Waals surface area contributed by atoms with Crippen molar-refractivity contribution in [3.8, 4) is 0 Å². The second-order valence-electron chi connectivity index (χ2n) is 6.01. The van der Waals surface area contributed by atoms with Crippen LogP contribution in [0.25, 0.3) is 0 Å². The molecular weight excluding hydrogens is 301 g/mol. The standard InChI is InChI=1S/C14H15F3N2O3/c15-14(16,17)11-2-1-3-12(19(20)21)10(11)6-18-5-4-13(7-18)8-22-9-13/h1-3H,4-9H2. The molecule has 0 radical (unpaired) electrons. The Morgan fingerprint density at radius 1 is 1.36 bits per heavy atom. The van der Waals surface area contributed by atoms with Gasteiger partial charge in [0, 0.05) is 24.6 Å². The van der Waals surface area contributed by atoms with Crippen LogP contribution in [-0.2, 0) is 17.5 Å². The Hall–Kier alpha value is -1.67. The summed E-state index contributed by atoms with van der Waals surface area (Å²) < 4.78 is 44.6. The number of nitro benzene ring substituents is 1. The van der Waals surface area contributed by atoms with Crippen LogP contribution in [0.15, 0.2) is 18.2 Å². The van der Waals surface area contributed by atoms with E-state index in [1.54, 1.807) is 0 Å². The third-order valence-corrected chi connectivity index (χ3v) is 4.37. The molecule has 0 atom stereocenters. The summed E-state index contributed by atoms with van der Waals surface area (Å²) in [5.41, 5.74) is -1.62. The summed E-state index contributed by atoms with van der Waals surface area (Å²) in [7, 11) is 0. The lowest BCUT2D eigenvalue weighted by Crippen LogP contribution is -2.44. The van der Waals surface area contributed by atoms with Gasteiger partial charge in [-0.2, -0.15) is 13.2 Å². The van der Waals surface area contributed by atoms with E-state index in [2.05, 4.69) is 0 Å². The Morgan fingerprint density at radius 3 is 2.59 bits per heavy atom. The molecule has 0 amide bonds. The van der Waals surface area contributed by atoms with Crippen molar-refractivity contribution in [3.63, 3.8) is 0 Å². The van der Waals surface area contributed by atoms with Crippen LogP contribution in [0, 0.1) is 15.5 Å². The molecule has 1 aromatic rings. The molecule has 2 fully saturated rings. The van der Waals surface area contributed by atoms with Gasteiger partial charge in [-0.25, -0.2) is 0 Å². The summed E-state index contributed by atoms with van der Waals surface area (Å²) >= 11 is 0. The topological polar surface area (TPSA) is 55.6 Å². The molecule has 2 heterocycles. The van der Waals surface area contributed by atoms with E-state index in [4.69, 9.17) is 4.74 Å². The third kappa shape index (κ3) is 2.68. The second kappa shape index (κ2) is 5.20. The van der Waals surface area contributed by atoms with Crippen molar-refractivity contribution in [2.75, 3.05) is 26.3 Å². The summed E-state index contributed by atoms with van der Waals surface area (Å²) in [4.78, 5) is 12.2. The highest BCUT2D eigenvalue weighted by molar-refractivity contribution is 5.46. The Kier molecular flexibility index (Phi) is 3.60. The molecule has 120 valence electrons. The predicted octanol–water partition coefficient (Wildman–Crippen LogP) is 2.84. The minimum absolute atomic E-state index is 0.0297. The number of alkyl halides is 3. The molecule has 0 unspecified atom stereocenters. The molecule has 22 heavy (non-hydrogen) atoms. The van der Waals surface area contributed by atoms with Crippen molar-refractivity contribution in [1.29, 1.82) is 0 Å². The van der Waals surface area contributed by atoms with Gasteiger partial charge in [0.25, 0.3) is 5.69 Å². The van der Waals surface area contributed by atoms with E-state index in [0.29, 0.717) is 26.3 Å². The van der Waals surface area contributed by atoms with Crippen LogP contribution in [0.1, 0.15) is 17.5 Å². The summed E-state index contributed by atoms with van der Waals surface area (Å²) in [6.07, 6.45) is -3.74. The molecule has 0 N–H and O–H groups in total. The van der Waals surface area contributed by atoms with Gasteiger partial charge in [-0.3, -0.25) is 15.0 Å². The molecule has 3 rings (SSSR count). The molecule has 0 aliphatic carbocycles. The van der Waals surface area contributed by atoms with Crippen LogP contribution in [0.4, 0.5) is 18.9 Å². The number of benzene rings is 1. The summed E-state index contributed by atoms with van der Waals surface area (Å²) in [5, 5.41) is 11.1. The molecular formula is C14H15F3N2O3. The minimum atomic E-state index is -4.60. The first kappa shape index (κ1) is 15.2. The average molecular weight is 316 g/mol. The van der Waals surface area contributed by atoms with Crippen LogP contribution in [0.5, 0.6) is 0 Å². The zero-order chi connectivity index (χ0) is 16.0. The highest BCUT2D eigenvalue weighted by Crippen LogP contribution is 2.41. The molecule has 1 spiro atoms. The predicted molar refractivity (Wildman–Crippen MR) is 71.2 cm³/mol. The smallest absolute Gasteiger partial charge is 0.380 e. The average Bonchev–Trinajstić information content (AvgIpc) is 2.81. The molecule has 1 aromatic carbocycles. The lowest BCUT2D eigenvalue weighted by molar-refractivity contribution is -0.386. The molecule has 0 saturated carbocycles. The second-order valence-corrected chi connectivity index (χ2v) is 6.01. The Labute approximate surface area is 124 Å². The highest BCUT2D eigenvalue weighted by atomic mass is 19.4. The van der Waals surface area contributed by atoms with Gasteiger partial charge in [-0.05, 0) is 19.0 Å². The van der Waals surface area contributed by atoms with E-state index in [1.807, 2.05) is 4.90 Å². The maximum Gasteiger partial charge on any atom is 0.416 e. The molecule has 2 aliphatic rings. The van der Waals surface area contributed by atoms with Crippen molar-refractivity contribution in [2.24, 2.45) is 5.41 Å². The van der Waals surface area contributed by atoms with E-state index < -0.39 is 22.4 Å². The summed E-state index contributed by atoms with van der Waals surface area (Å²) in [6, 6.07) is 3.11. The number of likely N-dealkylation sites (tertiary alicyclic amines) is 1. The van der Waals surface area contributed by atoms with Gasteiger partial charge in [-0.15, -0.1) is 0 Å². The van der Waals surface area contributed by atoms with Gasteiger partial charge < -0.3 is 4.74 Å². The van der Waals surface area contributed by atoms with E-state index in [9.17, 15) is 23.3 Å². The molecule has 0 aromatic heterocycles. The molecule has 2 aliphatic heterocycles. The van der Waals surface area contributed by atoms with Crippen molar-refractivity contribution in [2.45, 2.75) is 19.1 Å². The maximum absolute atomic E-state index is 13.1. The van der Waals surface area contributed by atoms with Crippen molar-refractivity contribution >= 4 is 5.69 Å². The first-order valence-electron chi connectivity index (χ1n) is 6.94. The van der Waals surface area contributed by atoms with Crippen molar-refractivity contribution in [3.05, 3.63) is 39.4 Å². The van der Waals surface area contributed by atoms with Gasteiger partial charge in [-0.1, -0.05) is 6.07 Å². The highest BCUT2D eigenvalue weighted by Gasteiger charge is 2.45. The van der Waals surface area contributed by atoms with E-state index in [1.165, 1.54) is 0 Å². The van der Waals surface area contributed by atoms with Gasteiger partial charge in [0.05, 0.1) is 29.3 Å². The molecule has 2 saturated heterocycles. The quantitative estimate of drug-likeness (QED) is 0.635. The number of rotatable bonds is 3. The fraction of sp³-hybridized carbons (Fsp3) is 0.571. The molecule has 8 heteroatoms. The SMILES string of the molecule is O=[N+]([O-])c1cccc(C(F)(F)F)c1CN1CCC2(COC2)C1. The van der Waals surface area contributed by atoms with Gasteiger partial charge in [0.2, 0.25) is 0 Å². The fourth-order valence-corrected chi connectivity index (χ4v) is 3.19. The summed E-state index contributed by atoms with van der Waals surface area (Å²) in [6.45, 7) is 2.43. The zero-order valence-corrected chi connectivity index (χ0v) is 11.7. The van der Waals surface area contributed by atoms with E-state index in [-0.39, 0.29) is 17.5 Å². The van der Waals surface area contributed by atoms with Crippen LogP contribution in [0.3, 0.4) is 0 Å². The van der Waals surface area contributed by atoms with Crippen LogP contribution < -0.4 is 0 Å². The third-order valence-electron chi connectivity index (χ3n) is 4.37. The fourth-order valence-electron chi connectivity index (χ4n) is 3.19. The Morgan fingerprint density at radius 2 is 2.09 bits per heavy atom. The Balaban J connectivity index is 1.89. The molecule has 0 bridgehead atoms. The van der Waals surface area contributed by atoms with Gasteiger partial charge in [0.1, 0.15) is 0 Å². The van der Waals surface area contributed by atoms with Crippen LogP contribution in [-0.4, -0.2) is 36.1 Å². The zero-order valence-electron chi connectivity index (χ0n) is 11.7. The first-order chi connectivity index (χ1) is 10.3. The lowest BCUT2D eigenvalue weighted by atomic mass is 9.85. The van der Waals surface area contributed by atoms with Crippen LogP contribution in [0.2, 0.25) is 0 Å². The number of halogens is 3. The number of nitrogens with zero attached hydrogens (tertiary/aromatic N) is 2. The van der Waals surface area contributed by atoms with Gasteiger partial charge >= 0.3 is 6.18 Å². The van der Waals surface area contributed by atoms with E-state index >= 15 is 0 Å².